The van der Waals surface area contributed by atoms with Gasteiger partial charge < -0.3 is 4.43 Å². The lowest BCUT2D eigenvalue weighted by atomic mass is 10.3. The maximum absolute atomic E-state index is 5.48. The second-order valence-corrected chi connectivity index (χ2v) is 4.68. The summed E-state index contributed by atoms with van der Waals surface area (Å²) in [5, 5.41) is 0. The van der Waals surface area contributed by atoms with Gasteiger partial charge in [0.1, 0.15) is 10.2 Å². The zero-order valence-corrected chi connectivity index (χ0v) is 8.14. The van der Waals surface area contributed by atoms with Crippen LogP contribution in [0.5, 0.6) is 5.75 Å². The molecule has 2 radical (unpaired) electrons. The van der Waals surface area contributed by atoms with Gasteiger partial charge in [0.2, 0.25) is 0 Å². The van der Waals surface area contributed by atoms with E-state index in [-0.39, 0.29) is 9.76 Å². The lowest BCUT2D eigenvalue weighted by Gasteiger charge is -2.02. The molecule has 0 fully saturated rings. The van der Waals surface area contributed by atoms with Crippen molar-refractivity contribution in [2.75, 3.05) is 0 Å². The first-order valence-electron chi connectivity index (χ1n) is 3.04. The van der Waals surface area contributed by atoms with Crippen molar-refractivity contribution >= 4 is 33.0 Å². The topological polar surface area (TPSA) is 9.23 Å². The number of hydrogen-bond donors (Lipinski definition) is 0. The van der Waals surface area contributed by atoms with Gasteiger partial charge in [-0.15, -0.1) is 23.2 Å². The third-order valence-electron chi connectivity index (χ3n) is 1.01. The van der Waals surface area contributed by atoms with Crippen LogP contribution in [0.2, 0.25) is 0 Å². The molecule has 0 aromatic heterocycles. The van der Waals surface area contributed by atoms with Gasteiger partial charge >= 0.3 is 9.76 Å². The van der Waals surface area contributed by atoms with Gasteiger partial charge in [0.15, 0.2) is 0 Å². The molecule has 1 aromatic carbocycles. The molecule has 0 bridgehead atoms. The summed E-state index contributed by atoms with van der Waals surface area (Å²) in [4.78, 5) is 0. The van der Waals surface area contributed by atoms with Gasteiger partial charge in [0.05, 0.1) is 0 Å². The average molecular weight is 205 g/mol. The van der Waals surface area contributed by atoms with Crippen LogP contribution < -0.4 is 4.43 Å². The predicted molar refractivity (Wildman–Crippen MR) is 48.3 cm³/mol. The molecule has 0 atom stereocenters. The number of halogens is 2. The largest absolute Gasteiger partial charge is 0.538 e. The van der Waals surface area contributed by atoms with Gasteiger partial charge in [-0.3, -0.25) is 0 Å². The van der Waals surface area contributed by atoms with Gasteiger partial charge in [-0.1, -0.05) is 18.2 Å². The Balaban J connectivity index is 2.39. The van der Waals surface area contributed by atoms with Crippen LogP contribution in [0.1, 0.15) is 0 Å². The first kappa shape index (κ1) is 8.91. The summed E-state index contributed by atoms with van der Waals surface area (Å²) in [6.45, 7) is 0. The van der Waals surface area contributed by atoms with Crippen molar-refractivity contribution in [3.8, 4) is 5.75 Å². The van der Waals surface area contributed by atoms with Crippen molar-refractivity contribution in [1.82, 2.24) is 0 Å². The Labute approximate surface area is 78.2 Å². The average Bonchev–Trinajstić information content (AvgIpc) is 2.03. The van der Waals surface area contributed by atoms with E-state index in [9.17, 15) is 0 Å². The van der Waals surface area contributed by atoms with Gasteiger partial charge in [-0.25, -0.2) is 0 Å². The van der Waals surface area contributed by atoms with E-state index in [1.807, 2.05) is 30.3 Å². The highest BCUT2D eigenvalue weighted by atomic mass is 35.5. The molecule has 0 saturated carbocycles. The molecule has 0 saturated heterocycles. The Hall–Kier alpha value is -0.183. The zero-order chi connectivity index (χ0) is 8.10. The van der Waals surface area contributed by atoms with Crippen LogP contribution in [0.25, 0.3) is 0 Å². The third kappa shape index (κ3) is 3.65. The molecule has 58 valence electrons. The van der Waals surface area contributed by atoms with E-state index in [1.54, 1.807) is 0 Å². The Kier molecular flexibility index (Phi) is 3.76. The molecule has 0 heterocycles. The normalized spacial score (nSPS) is 10.1. The quantitative estimate of drug-likeness (QED) is 0.544. The molecule has 0 aliphatic heterocycles. The van der Waals surface area contributed by atoms with Crippen LogP contribution in [-0.2, 0) is 0 Å². The van der Waals surface area contributed by atoms with Crippen molar-refractivity contribution in [1.29, 1.82) is 0 Å². The van der Waals surface area contributed by atoms with Crippen LogP contribution in [0, 0.1) is 0 Å². The summed E-state index contributed by atoms with van der Waals surface area (Å²) >= 11 is 11.0. The molecule has 11 heavy (non-hydrogen) atoms. The summed E-state index contributed by atoms with van der Waals surface area (Å²) in [6.07, 6.45) is 0. The zero-order valence-electron chi connectivity index (χ0n) is 5.63. The van der Waals surface area contributed by atoms with Crippen LogP contribution in [0.3, 0.4) is 0 Å². The molecule has 0 aliphatic carbocycles. The Morgan fingerprint density at radius 3 is 2.36 bits per heavy atom. The number of alkyl halides is 2. The number of rotatable bonds is 3. The van der Waals surface area contributed by atoms with Gasteiger partial charge in [-0.2, -0.15) is 0 Å². The second kappa shape index (κ2) is 4.65. The molecule has 0 amide bonds. The van der Waals surface area contributed by atoms with Crippen LogP contribution in [0.15, 0.2) is 30.3 Å². The fourth-order valence-electron chi connectivity index (χ4n) is 0.601. The van der Waals surface area contributed by atoms with Crippen molar-refractivity contribution in [2.24, 2.45) is 0 Å². The number of benzene rings is 1. The molecule has 0 N–H and O–H groups in total. The van der Waals surface area contributed by atoms with E-state index in [1.165, 1.54) is 0 Å². The maximum atomic E-state index is 5.48. The number of para-hydroxylation sites is 1. The summed E-state index contributed by atoms with van der Waals surface area (Å²) < 4.78 is 4.80. The van der Waals surface area contributed by atoms with Crippen LogP contribution >= 0.6 is 23.2 Å². The second-order valence-electron chi connectivity index (χ2n) is 1.83. The van der Waals surface area contributed by atoms with Gasteiger partial charge in [0.25, 0.3) is 0 Å². The Bertz CT molecular complexity index is 203. The minimum Gasteiger partial charge on any atom is -0.538 e. The SMILES string of the molecule is ClC(Cl)[Si]Oc1ccccc1. The monoisotopic (exact) mass is 204 g/mol. The van der Waals surface area contributed by atoms with Gasteiger partial charge in [0, 0.05) is 0 Å². The van der Waals surface area contributed by atoms with E-state index >= 15 is 0 Å². The fraction of sp³-hybridized carbons (Fsp3) is 0.143. The first-order chi connectivity index (χ1) is 5.29. The summed E-state index contributed by atoms with van der Waals surface area (Å²) in [6, 6.07) is 9.45. The molecule has 4 heteroatoms. The lowest BCUT2D eigenvalue weighted by Crippen LogP contribution is -2.10. The van der Waals surface area contributed by atoms with Crippen molar-refractivity contribution in [3.05, 3.63) is 30.3 Å². The van der Waals surface area contributed by atoms with E-state index in [4.69, 9.17) is 27.6 Å². The Morgan fingerprint density at radius 1 is 1.18 bits per heavy atom. The summed E-state index contributed by atoms with van der Waals surface area (Å²) in [5.41, 5.74) is 0. The predicted octanol–water partition coefficient (Wildman–Crippen LogP) is 2.45. The molecule has 1 aromatic rings. The lowest BCUT2D eigenvalue weighted by molar-refractivity contribution is 0.596. The van der Waals surface area contributed by atoms with Crippen LogP contribution in [0.4, 0.5) is 0 Å². The fourth-order valence-corrected chi connectivity index (χ4v) is 1.23. The minimum atomic E-state index is -0.435. The van der Waals surface area contributed by atoms with E-state index < -0.39 is 4.46 Å². The highest BCUT2D eigenvalue weighted by Crippen LogP contribution is 2.09. The van der Waals surface area contributed by atoms with E-state index in [0.29, 0.717) is 0 Å². The van der Waals surface area contributed by atoms with E-state index in [2.05, 4.69) is 0 Å². The molecule has 0 unspecified atom stereocenters. The maximum Gasteiger partial charge on any atom is 0.347 e. The molecular weight excluding hydrogens is 199 g/mol. The van der Waals surface area contributed by atoms with Crippen molar-refractivity contribution in [3.63, 3.8) is 0 Å². The molecule has 1 rings (SSSR count). The molecule has 1 nitrogen and oxygen atoms in total. The highest BCUT2D eigenvalue weighted by Gasteiger charge is 2.03. The van der Waals surface area contributed by atoms with Crippen molar-refractivity contribution in [2.45, 2.75) is 4.46 Å². The number of hydrogen-bond acceptors (Lipinski definition) is 1. The van der Waals surface area contributed by atoms with Crippen molar-refractivity contribution < 1.29 is 4.43 Å². The molecular formula is C7H6Cl2OSi. The Morgan fingerprint density at radius 2 is 1.82 bits per heavy atom. The van der Waals surface area contributed by atoms with Gasteiger partial charge in [-0.05, 0) is 12.1 Å². The van der Waals surface area contributed by atoms with Crippen LogP contribution in [-0.4, -0.2) is 14.2 Å². The molecule has 0 spiro atoms. The first-order valence-corrected chi connectivity index (χ1v) is 4.90. The molecule has 0 aliphatic rings. The van der Waals surface area contributed by atoms with E-state index in [0.717, 1.165) is 5.75 Å². The third-order valence-corrected chi connectivity index (χ3v) is 2.08. The highest BCUT2D eigenvalue weighted by molar-refractivity contribution is 6.66. The standard InChI is InChI=1S/C7H6Cl2OSi/c8-7(9)11-10-6-4-2-1-3-5-6/h1-5,7H. The minimum absolute atomic E-state index is 0.0969. The smallest absolute Gasteiger partial charge is 0.347 e. The summed E-state index contributed by atoms with van der Waals surface area (Å²) in [5.74, 6) is 0.803. The summed E-state index contributed by atoms with van der Waals surface area (Å²) in [7, 11) is 0.0969.